The van der Waals surface area contributed by atoms with Gasteiger partial charge in [-0.1, -0.05) is 13.8 Å². The summed E-state index contributed by atoms with van der Waals surface area (Å²) in [6.07, 6.45) is 0.186. The summed E-state index contributed by atoms with van der Waals surface area (Å²) in [6, 6.07) is 0. The fourth-order valence-electron chi connectivity index (χ4n) is 3.23. The maximum absolute atomic E-state index is 5.94. The number of nitrogens with one attached hydrogen (secondary N) is 1. The molecule has 0 radical (unpaired) electrons. The van der Waals surface area contributed by atoms with Gasteiger partial charge in [0.25, 0.3) is 0 Å². The highest BCUT2D eigenvalue weighted by molar-refractivity contribution is 14.0. The summed E-state index contributed by atoms with van der Waals surface area (Å²) in [6.45, 7) is 14.7. The topological polar surface area (TPSA) is 62.2 Å². The Morgan fingerprint density at radius 1 is 1.48 bits per heavy atom. The van der Waals surface area contributed by atoms with Crippen LogP contribution in [0.3, 0.4) is 0 Å². The number of ether oxygens (including phenoxy) is 2. The third-order valence-corrected chi connectivity index (χ3v) is 5.71. The zero-order valence-electron chi connectivity index (χ0n) is 18.7. The number of rotatable bonds is 9. The van der Waals surface area contributed by atoms with Crippen LogP contribution in [0, 0.1) is 5.92 Å². The Kier molecular flexibility index (Phi) is 12.6. The van der Waals surface area contributed by atoms with E-state index in [0.717, 1.165) is 49.4 Å². The van der Waals surface area contributed by atoms with E-state index in [1.165, 1.54) is 0 Å². The minimum Gasteiger partial charge on any atom is -0.375 e. The number of methoxy groups -OCH3 is 1. The second-order valence-corrected chi connectivity index (χ2v) is 8.64. The van der Waals surface area contributed by atoms with Crippen LogP contribution < -0.4 is 5.32 Å². The van der Waals surface area contributed by atoms with E-state index in [4.69, 9.17) is 14.5 Å². The third-order valence-electron chi connectivity index (χ3n) is 4.66. The van der Waals surface area contributed by atoms with Gasteiger partial charge in [0.1, 0.15) is 11.1 Å². The molecule has 168 valence electrons. The number of hydrogen-bond acceptors (Lipinski definition) is 6. The molecule has 1 aromatic heterocycles. The molecule has 29 heavy (non-hydrogen) atoms. The van der Waals surface area contributed by atoms with E-state index in [-0.39, 0.29) is 36.2 Å². The van der Waals surface area contributed by atoms with Crippen LogP contribution in [0.15, 0.2) is 10.4 Å². The molecule has 1 fully saturated rings. The van der Waals surface area contributed by atoms with Crippen molar-refractivity contribution < 1.29 is 9.47 Å². The van der Waals surface area contributed by atoms with E-state index >= 15 is 0 Å². The van der Waals surface area contributed by atoms with E-state index in [1.807, 2.05) is 14.0 Å². The van der Waals surface area contributed by atoms with Gasteiger partial charge >= 0.3 is 0 Å². The molecule has 1 aliphatic heterocycles. The Bertz CT molecular complexity index is 613. The first-order valence-electron chi connectivity index (χ1n) is 10.2. The molecule has 0 amide bonds. The molecule has 1 N–H and O–H groups in total. The first kappa shape index (κ1) is 26.5. The molecule has 0 bridgehead atoms. The molecule has 7 nitrogen and oxygen atoms in total. The Labute approximate surface area is 197 Å². The maximum Gasteiger partial charge on any atom is 0.194 e. The smallest absolute Gasteiger partial charge is 0.194 e. The monoisotopic (exact) mass is 539 g/mol. The van der Waals surface area contributed by atoms with E-state index < -0.39 is 0 Å². The number of guanidine groups is 1. The van der Waals surface area contributed by atoms with Crippen LogP contribution in [0.5, 0.6) is 0 Å². The van der Waals surface area contributed by atoms with Crippen LogP contribution in [-0.4, -0.2) is 80.3 Å². The van der Waals surface area contributed by atoms with Gasteiger partial charge in [0, 0.05) is 45.7 Å². The second kappa shape index (κ2) is 13.7. The predicted octanol–water partition coefficient (Wildman–Crippen LogP) is 3.22. The normalized spacial score (nSPS) is 19.1. The summed E-state index contributed by atoms with van der Waals surface area (Å²) in [5.74, 6) is 1.57. The molecule has 2 heterocycles. The lowest BCUT2D eigenvalue weighted by Crippen LogP contribution is -2.46. The van der Waals surface area contributed by atoms with E-state index in [0.29, 0.717) is 19.0 Å². The molecule has 2 rings (SSSR count). The summed E-state index contributed by atoms with van der Waals surface area (Å²) in [7, 11) is 3.76. The van der Waals surface area contributed by atoms with Gasteiger partial charge in [0.2, 0.25) is 0 Å². The molecule has 1 aliphatic rings. The van der Waals surface area contributed by atoms with Crippen molar-refractivity contribution in [1.82, 2.24) is 20.1 Å². The number of nitrogens with zero attached hydrogens (tertiary/aromatic N) is 4. The summed E-state index contributed by atoms with van der Waals surface area (Å²) in [5.41, 5.74) is 1.04. The van der Waals surface area contributed by atoms with Crippen LogP contribution in [0.1, 0.15) is 44.5 Å². The van der Waals surface area contributed by atoms with Gasteiger partial charge in [0.15, 0.2) is 5.96 Å². The lowest BCUT2D eigenvalue weighted by molar-refractivity contribution is -0.0262. The van der Waals surface area contributed by atoms with Crippen molar-refractivity contribution in [2.45, 2.75) is 46.4 Å². The van der Waals surface area contributed by atoms with Crippen LogP contribution >= 0.6 is 35.3 Å². The van der Waals surface area contributed by atoms with E-state index in [9.17, 15) is 0 Å². The summed E-state index contributed by atoms with van der Waals surface area (Å²) in [5, 5.41) is 6.49. The van der Waals surface area contributed by atoms with Gasteiger partial charge in [-0.05, 0) is 19.8 Å². The zero-order chi connectivity index (χ0) is 20.5. The number of thiazole rings is 1. The van der Waals surface area contributed by atoms with Crippen molar-refractivity contribution in [3.63, 3.8) is 0 Å². The summed E-state index contributed by atoms with van der Waals surface area (Å²) < 4.78 is 11.3. The fraction of sp³-hybridized carbons (Fsp3) is 0.800. The number of aromatic nitrogens is 1. The van der Waals surface area contributed by atoms with E-state index in [2.05, 4.69) is 46.3 Å². The largest absolute Gasteiger partial charge is 0.375 e. The van der Waals surface area contributed by atoms with Crippen molar-refractivity contribution in [1.29, 1.82) is 0 Å². The Morgan fingerprint density at radius 2 is 2.24 bits per heavy atom. The van der Waals surface area contributed by atoms with Gasteiger partial charge in [-0.25, -0.2) is 4.98 Å². The highest BCUT2D eigenvalue weighted by Crippen LogP contribution is 2.21. The van der Waals surface area contributed by atoms with Crippen molar-refractivity contribution in [2.75, 3.05) is 53.5 Å². The SMILES string of the molecule is CCNC(=NCC1CN(CC(C)C)CCO1)N(C)Cc1csc(C(C)OC)n1.I. The van der Waals surface area contributed by atoms with E-state index in [1.54, 1.807) is 18.4 Å². The van der Waals surface area contributed by atoms with Crippen molar-refractivity contribution >= 4 is 41.3 Å². The van der Waals surface area contributed by atoms with Gasteiger partial charge in [0.05, 0.1) is 31.5 Å². The molecule has 1 aromatic rings. The predicted molar refractivity (Wildman–Crippen MR) is 131 cm³/mol. The molecule has 9 heteroatoms. The molecule has 2 unspecified atom stereocenters. The highest BCUT2D eigenvalue weighted by atomic mass is 127. The zero-order valence-corrected chi connectivity index (χ0v) is 21.8. The molecule has 0 aliphatic carbocycles. The molecular weight excluding hydrogens is 501 g/mol. The van der Waals surface area contributed by atoms with Crippen LogP contribution in [0.2, 0.25) is 0 Å². The molecular formula is C20H38IN5O2S. The van der Waals surface area contributed by atoms with Gasteiger partial charge in [-0.2, -0.15) is 0 Å². The third kappa shape index (κ3) is 9.04. The molecule has 0 saturated carbocycles. The number of hydrogen-bond donors (Lipinski definition) is 1. The lowest BCUT2D eigenvalue weighted by atomic mass is 10.2. The maximum atomic E-state index is 5.94. The average molecular weight is 540 g/mol. The first-order valence-corrected chi connectivity index (χ1v) is 11.1. The quantitative estimate of drug-likeness (QED) is 0.296. The first-order chi connectivity index (χ1) is 13.4. The Hall–Kier alpha value is -0.490. The fourth-order valence-corrected chi connectivity index (χ4v) is 4.07. The average Bonchev–Trinajstić information content (AvgIpc) is 3.12. The minimum atomic E-state index is 0. The van der Waals surface area contributed by atoms with Crippen molar-refractivity contribution in [2.24, 2.45) is 10.9 Å². The minimum absolute atomic E-state index is 0. The van der Waals surface area contributed by atoms with Gasteiger partial charge < -0.3 is 19.7 Å². The molecule has 0 spiro atoms. The Morgan fingerprint density at radius 3 is 2.90 bits per heavy atom. The molecule has 0 aromatic carbocycles. The van der Waals surface area contributed by atoms with Crippen molar-refractivity contribution in [3.8, 4) is 0 Å². The standard InChI is InChI=1S/C20H37N5O2S.HI/c1-7-21-20(22-10-18-13-25(8-9-27-18)11-15(2)3)24(5)12-17-14-28-19(23-17)16(4)26-6;/h14-16,18H,7-13H2,1-6H3,(H,21,22);1H. The lowest BCUT2D eigenvalue weighted by Gasteiger charge is -2.33. The summed E-state index contributed by atoms with van der Waals surface area (Å²) >= 11 is 1.64. The second-order valence-electron chi connectivity index (χ2n) is 7.75. The Balaban J connectivity index is 0.00000420. The van der Waals surface area contributed by atoms with Crippen LogP contribution in [-0.2, 0) is 16.0 Å². The van der Waals surface area contributed by atoms with Crippen LogP contribution in [0.4, 0.5) is 0 Å². The van der Waals surface area contributed by atoms with Crippen LogP contribution in [0.25, 0.3) is 0 Å². The van der Waals surface area contributed by atoms with Gasteiger partial charge in [-0.15, -0.1) is 35.3 Å². The number of aliphatic imine (C=N–C) groups is 1. The number of halogens is 1. The molecule has 1 saturated heterocycles. The highest BCUT2D eigenvalue weighted by Gasteiger charge is 2.21. The molecule has 2 atom stereocenters. The van der Waals surface area contributed by atoms with Gasteiger partial charge in [-0.3, -0.25) is 9.89 Å². The summed E-state index contributed by atoms with van der Waals surface area (Å²) in [4.78, 5) is 14.1. The number of morpholine rings is 1. The van der Waals surface area contributed by atoms with Crippen molar-refractivity contribution in [3.05, 3.63) is 16.1 Å².